The van der Waals surface area contributed by atoms with Gasteiger partial charge in [0.2, 0.25) is 6.29 Å². The molecule has 6 nitrogen and oxygen atoms in total. The molecule has 0 radical (unpaired) electrons. The number of hydrogen-bond acceptors (Lipinski definition) is 6. The molecule has 1 heterocycles. The van der Waals surface area contributed by atoms with Gasteiger partial charge in [-0.05, 0) is 115 Å². The first-order valence-corrected chi connectivity index (χ1v) is 21.9. The van der Waals surface area contributed by atoms with E-state index in [1.54, 1.807) is 30.3 Å². The Hall–Kier alpha value is -5.01. The molecular formula is C53H66O6. The SMILES string of the molecule is C=Cc1ccc(C(=O)Oc2ccc(COO[C@](C)(c3ccccc3)C3Oc4ccc5c(c4[C@H]4c6ccccc6CC[C@H]4O3)CCCC5)cc2)cc1.CC.CC.CC.CC. The second-order valence-electron chi connectivity index (χ2n) is 13.8. The van der Waals surface area contributed by atoms with E-state index in [0.717, 1.165) is 48.1 Å². The summed E-state index contributed by atoms with van der Waals surface area (Å²) in [6.07, 6.45) is 7.21. The van der Waals surface area contributed by atoms with Crippen molar-refractivity contribution in [3.63, 3.8) is 0 Å². The normalized spacial score (nSPS) is 17.9. The molecule has 8 rings (SSSR count). The summed E-state index contributed by atoms with van der Waals surface area (Å²) in [6, 6.07) is 37.5. The monoisotopic (exact) mass is 798 g/mol. The summed E-state index contributed by atoms with van der Waals surface area (Å²) in [5, 5.41) is 0. The molecule has 0 bridgehead atoms. The van der Waals surface area contributed by atoms with Crippen LogP contribution in [-0.4, -0.2) is 18.4 Å². The quantitative estimate of drug-likeness (QED) is 0.0640. The fourth-order valence-corrected chi connectivity index (χ4v) is 7.83. The lowest BCUT2D eigenvalue weighted by molar-refractivity contribution is -0.409. The van der Waals surface area contributed by atoms with Gasteiger partial charge in [-0.2, -0.15) is 0 Å². The fourth-order valence-electron chi connectivity index (χ4n) is 7.83. The molecule has 0 spiro atoms. The number of aryl methyl sites for hydroxylation is 2. The first kappa shape index (κ1) is 46.7. The summed E-state index contributed by atoms with van der Waals surface area (Å²) in [6.45, 7) is 21.9. The number of rotatable bonds is 9. The molecule has 59 heavy (non-hydrogen) atoms. The summed E-state index contributed by atoms with van der Waals surface area (Å²) < 4.78 is 19.7. The first-order valence-electron chi connectivity index (χ1n) is 21.9. The minimum Gasteiger partial charge on any atom is -0.461 e. The van der Waals surface area contributed by atoms with Crippen molar-refractivity contribution in [1.29, 1.82) is 0 Å². The highest BCUT2D eigenvalue weighted by atomic mass is 17.2. The van der Waals surface area contributed by atoms with Gasteiger partial charge in [0.1, 0.15) is 18.1 Å². The van der Waals surface area contributed by atoms with Gasteiger partial charge >= 0.3 is 5.97 Å². The number of hydrogen-bond donors (Lipinski definition) is 0. The number of carbonyl (C=O) groups is 1. The van der Waals surface area contributed by atoms with E-state index in [2.05, 4.69) is 43.0 Å². The summed E-state index contributed by atoms with van der Waals surface area (Å²) in [7, 11) is 0. The Balaban J connectivity index is 0.000000908. The second-order valence-corrected chi connectivity index (χ2v) is 13.8. The number of carbonyl (C=O) groups excluding carboxylic acids is 1. The third kappa shape index (κ3) is 11.0. The highest BCUT2D eigenvalue weighted by Crippen LogP contribution is 2.50. The molecule has 5 aromatic rings. The number of fused-ring (bicyclic) bond motifs is 7. The van der Waals surface area contributed by atoms with Gasteiger partial charge in [0.25, 0.3) is 0 Å². The lowest BCUT2D eigenvalue weighted by Gasteiger charge is -2.38. The molecule has 3 aliphatic rings. The van der Waals surface area contributed by atoms with Gasteiger partial charge in [-0.25, -0.2) is 14.6 Å². The van der Waals surface area contributed by atoms with Crippen molar-refractivity contribution in [1.82, 2.24) is 0 Å². The van der Waals surface area contributed by atoms with Crippen LogP contribution in [0.25, 0.3) is 6.08 Å². The van der Waals surface area contributed by atoms with E-state index in [1.165, 1.54) is 40.7 Å². The molecule has 6 heteroatoms. The van der Waals surface area contributed by atoms with Gasteiger partial charge < -0.3 is 14.2 Å². The van der Waals surface area contributed by atoms with Crippen LogP contribution in [0, 0.1) is 0 Å². The lowest BCUT2D eigenvalue weighted by atomic mass is 9.73. The summed E-state index contributed by atoms with van der Waals surface area (Å²) in [5.74, 6) is 0.947. The van der Waals surface area contributed by atoms with Crippen LogP contribution in [0.15, 0.2) is 122 Å². The van der Waals surface area contributed by atoms with Crippen LogP contribution in [0.1, 0.15) is 142 Å². The molecule has 0 saturated heterocycles. The molecular weight excluding hydrogens is 733 g/mol. The van der Waals surface area contributed by atoms with E-state index in [1.807, 2.05) is 117 Å². The third-order valence-corrected chi connectivity index (χ3v) is 10.6. The lowest BCUT2D eigenvalue weighted by Crippen LogP contribution is -2.47. The molecule has 2 aliphatic carbocycles. The van der Waals surface area contributed by atoms with E-state index in [-0.39, 0.29) is 18.6 Å². The van der Waals surface area contributed by atoms with Crippen molar-refractivity contribution in [3.8, 4) is 11.5 Å². The van der Waals surface area contributed by atoms with Crippen molar-refractivity contribution >= 4 is 12.0 Å². The largest absolute Gasteiger partial charge is 0.461 e. The molecule has 0 aromatic heterocycles. The molecule has 0 saturated carbocycles. The van der Waals surface area contributed by atoms with Crippen LogP contribution in [0.4, 0.5) is 0 Å². The van der Waals surface area contributed by atoms with Gasteiger partial charge in [0, 0.05) is 11.5 Å². The zero-order valence-electron chi connectivity index (χ0n) is 36.9. The maximum Gasteiger partial charge on any atom is 0.343 e. The summed E-state index contributed by atoms with van der Waals surface area (Å²) >= 11 is 0. The van der Waals surface area contributed by atoms with Crippen molar-refractivity contribution in [2.45, 2.75) is 131 Å². The Morgan fingerprint density at radius 2 is 1.41 bits per heavy atom. The first-order chi connectivity index (χ1) is 29.0. The van der Waals surface area contributed by atoms with Crippen LogP contribution < -0.4 is 9.47 Å². The van der Waals surface area contributed by atoms with E-state index in [0.29, 0.717) is 11.3 Å². The van der Waals surface area contributed by atoms with Crippen LogP contribution in [0.2, 0.25) is 0 Å². The predicted octanol–water partition coefficient (Wildman–Crippen LogP) is 13.8. The summed E-state index contributed by atoms with van der Waals surface area (Å²) in [5.41, 5.74) is 8.86. The molecule has 314 valence electrons. The Morgan fingerprint density at radius 1 is 0.746 bits per heavy atom. The number of benzene rings is 5. The van der Waals surface area contributed by atoms with Crippen LogP contribution >= 0.6 is 0 Å². The smallest absolute Gasteiger partial charge is 0.343 e. The van der Waals surface area contributed by atoms with E-state index >= 15 is 0 Å². The van der Waals surface area contributed by atoms with Crippen molar-refractivity contribution in [3.05, 3.63) is 172 Å². The molecule has 1 aliphatic heterocycles. The minimum absolute atomic E-state index is 0.0723. The minimum atomic E-state index is -1.11. The van der Waals surface area contributed by atoms with E-state index in [9.17, 15) is 4.79 Å². The van der Waals surface area contributed by atoms with Crippen molar-refractivity contribution in [2.75, 3.05) is 0 Å². The van der Waals surface area contributed by atoms with Crippen LogP contribution in [0.3, 0.4) is 0 Å². The Morgan fingerprint density at radius 3 is 2.10 bits per heavy atom. The Labute approximate surface area is 354 Å². The highest BCUT2D eigenvalue weighted by molar-refractivity contribution is 5.91. The van der Waals surface area contributed by atoms with Gasteiger partial charge in [-0.1, -0.05) is 153 Å². The van der Waals surface area contributed by atoms with Gasteiger partial charge in [0.05, 0.1) is 11.7 Å². The molecule has 5 aromatic carbocycles. The predicted molar refractivity (Wildman–Crippen MR) is 242 cm³/mol. The Kier molecular flexibility index (Phi) is 18.6. The maximum absolute atomic E-state index is 12.7. The standard InChI is InChI=1S/C45H42O6.4C2H6/c1-3-30-17-21-34(22-18-30)43(46)48-36-25-19-31(20-26-36)29-47-51-45(2,35-13-5-4-6-14-35)44-49-39-27-23-32-11-7-9-15-37(32)41(39)42-38-16-10-8-12-33(38)24-28-40(42)50-44;4*1-2/h3-7,9,11,13-15,17-22,24-26,28,39,41,44H,1,8,10,12,16,23,27,29H2,2H3;4*1-2H3/t39-,41+,44?,45-;;;;/m1..../s1. The summed E-state index contributed by atoms with van der Waals surface area (Å²) in [4.78, 5) is 25.1. The zero-order chi connectivity index (χ0) is 42.8. The topological polar surface area (TPSA) is 63.2 Å². The molecule has 1 unspecified atom stereocenters. The molecule has 0 N–H and O–H groups in total. The van der Waals surface area contributed by atoms with Crippen molar-refractivity contribution < 1.29 is 28.8 Å². The van der Waals surface area contributed by atoms with Crippen LogP contribution in [-0.2, 0) is 46.0 Å². The van der Waals surface area contributed by atoms with E-state index in [4.69, 9.17) is 24.0 Å². The maximum atomic E-state index is 12.7. The number of ether oxygens (including phenoxy) is 3. The van der Waals surface area contributed by atoms with E-state index < -0.39 is 17.9 Å². The molecule has 4 atom stereocenters. The highest BCUT2D eigenvalue weighted by Gasteiger charge is 2.48. The average Bonchev–Trinajstić information content (AvgIpc) is 3.50. The number of esters is 1. The third-order valence-electron chi connectivity index (χ3n) is 10.6. The van der Waals surface area contributed by atoms with Crippen LogP contribution in [0.5, 0.6) is 11.5 Å². The fraction of sp³-hybridized carbons (Fsp3) is 0.377. The second kappa shape index (κ2) is 23.5. The van der Waals surface area contributed by atoms with Gasteiger partial charge in [-0.15, -0.1) is 0 Å². The van der Waals surface area contributed by atoms with Gasteiger partial charge in [0.15, 0.2) is 5.60 Å². The molecule has 0 fully saturated rings. The molecule has 0 amide bonds. The zero-order valence-corrected chi connectivity index (χ0v) is 36.9. The Bertz CT molecular complexity index is 2020. The average molecular weight is 799 g/mol. The van der Waals surface area contributed by atoms with Crippen molar-refractivity contribution in [2.24, 2.45) is 0 Å². The van der Waals surface area contributed by atoms with Gasteiger partial charge in [-0.3, -0.25) is 0 Å².